The summed E-state index contributed by atoms with van der Waals surface area (Å²) in [4.78, 5) is 6.99. The van der Waals surface area contributed by atoms with Gasteiger partial charge in [-0.25, -0.2) is 18.1 Å². The monoisotopic (exact) mass is 309 g/mol. The van der Waals surface area contributed by atoms with E-state index in [9.17, 15) is 8.42 Å². The van der Waals surface area contributed by atoms with Crippen LogP contribution in [0.2, 0.25) is 0 Å². The van der Waals surface area contributed by atoms with Crippen molar-refractivity contribution >= 4 is 10.0 Å². The Balaban J connectivity index is 2.17. The van der Waals surface area contributed by atoms with Crippen molar-refractivity contribution in [1.82, 2.24) is 14.7 Å². The molecule has 2 N–H and O–H groups in total. The highest BCUT2D eigenvalue weighted by Gasteiger charge is 2.20. The molecular weight excluding hydrogens is 290 g/mol. The van der Waals surface area contributed by atoms with Crippen LogP contribution >= 0.6 is 0 Å². The van der Waals surface area contributed by atoms with Gasteiger partial charge in [0.15, 0.2) is 0 Å². The smallest absolute Gasteiger partial charge is 0.244 e. The lowest BCUT2D eigenvalue weighted by molar-refractivity contribution is 0.402. The van der Waals surface area contributed by atoms with Gasteiger partial charge in [-0.2, -0.15) is 0 Å². The molecular formula is C14H19N3O3S. The molecule has 1 aromatic heterocycles. The van der Waals surface area contributed by atoms with Crippen molar-refractivity contribution in [3.8, 4) is 5.75 Å². The number of rotatable bonds is 6. The van der Waals surface area contributed by atoms with Crippen molar-refractivity contribution in [2.24, 2.45) is 0 Å². The van der Waals surface area contributed by atoms with Gasteiger partial charge in [0.05, 0.1) is 13.4 Å². The topological polar surface area (TPSA) is 84.1 Å². The Labute approximate surface area is 124 Å². The van der Waals surface area contributed by atoms with Crippen LogP contribution in [0.25, 0.3) is 0 Å². The van der Waals surface area contributed by atoms with Crippen LogP contribution in [0, 0.1) is 13.8 Å². The van der Waals surface area contributed by atoms with E-state index in [1.807, 2.05) is 13.8 Å². The molecule has 0 aliphatic rings. The zero-order chi connectivity index (χ0) is 15.5. The number of aromatic amines is 1. The second-order valence-corrected chi connectivity index (χ2v) is 6.55. The van der Waals surface area contributed by atoms with Gasteiger partial charge in [-0.15, -0.1) is 0 Å². The number of ether oxygens (including phenoxy) is 1. The standard InChI is InChI=1S/C14H19N3O3S/c1-10-6-13(20-3)14(7-11(10)2)21(18,19)17-5-4-12-8-15-9-16-12/h6-9,17H,4-5H2,1-3H3,(H,15,16). The third-order valence-corrected chi connectivity index (χ3v) is 4.79. The minimum absolute atomic E-state index is 0.165. The third kappa shape index (κ3) is 3.62. The molecule has 0 aliphatic carbocycles. The van der Waals surface area contributed by atoms with Crippen LogP contribution in [0.15, 0.2) is 29.6 Å². The van der Waals surface area contributed by atoms with Crippen molar-refractivity contribution in [1.29, 1.82) is 0 Å². The minimum atomic E-state index is -3.60. The molecule has 0 atom stereocenters. The molecule has 2 rings (SSSR count). The van der Waals surface area contributed by atoms with Crippen LogP contribution in [0.5, 0.6) is 5.75 Å². The molecule has 7 heteroatoms. The van der Waals surface area contributed by atoms with E-state index in [0.29, 0.717) is 18.7 Å². The Kier molecular flexibility index (Phi) is 4.64. The second kappa shape index (κ2) is 6.28. The summed E-state index contributed by atoms with van der Waals surface area (Å²) in [5, 5.41) is 0. The highest BCUT2D eigenvalue weighted by Crippen LogP contribution is 2.27. The summed E-state index contributed by atoms with van der Waals surface area (Å²) in [6, 6.07) is 3.37. The van der Waals surface area contributed by atoms with Crippen molar-refractivity contribution in [2.75, 3.05) is 13.7 Å². The summed E-state index contributed by atoms with van der Waals surface area (Å²) in [7, 11) is -2.14. The van der Waals surface area contributed by atoms with Gasteiger partial charge in [-0.05, 0) is 37.1 Å². The molecule has 1 heterocycles. The summed E-state index contributed by atoms with van der Waals surface area (Å²) in [6.45, 7) is 4.08. The zero-order valence-corrected chi connectivity index (χ0v) is 13.1. The maximum Gasteiger partial charge on any atom is 0.244 e. The number of nitrogens with one attached hydrogen (secondary N) is 2. The molecule has 2 aromatic rings. The maximum atomic E-state index is 12.4. The number of sulfonamides is 1. The highest BCUT2D eigenvalue weighted by molar-refractivity contribution is 7.89. The van der Waals surface area contributed by atoms with E-state index in [-0.39, 0.29) is 4.90 Å². The molecule has 0 radical (unpaired) electrons. The van der Waals surface area contributed by atoms with Crippen molar-refractivity contribution in [2.45, 2.75) is 25.2 Å². The molecule has 0 bridgehead atoms. The molecule has 0 amide bonds. The fourth-order valence-electron chi connectivity index (χ4n) is 1.95. The summed E-state index contributed by atoms with van der Waals surface area (Å²) in [5.41, 5.74) is 2.78. The Morgan fingerprint density at radius 2 is 2.00 bits per heavy atom. The van der Waals surface area contributed by atoms with Crippen molar-refractivity contribution in [3.05, 3.63) is 41.5 Å². The number of nitrogens with zero attached hydrogens (tertiary/aromatic N) is 1. The number of aryl methyl sites for hydroxylation is 2. The van der Waals surface area contributed by atoms with Gasteiger partial charge in [0.2, 0.25) is 10.0 Å². The Hall–Kier alpha value is -1.86. The lowest BCUT2D eigenvalue weighted by Crippen LogP contribution is -2.26. The highest BCUT2D eigenvalue weighted by atomic mass is 32.2. The van der Waals surface area contributed by atoms with Gasteiger partial charge in [0.25, 0.3) is 0 Å². The molecule has 6 nitrogen and oxygen atoms in total. The predicted molar refractivity (Wildman–Crippen MR) is 79.9 cm³/mol. The number of H-pyrrole nitrogens is 1. The summed E-state index contributed by atoms with van der Waals surface area (Å²) >= 11 is 0. The second-order valence-electron chi connectivity index (χ2n) is 4.81. The lowest BCUT2D eigenvalue weighted by atomic mass is 10.1. The van der Waals surface area contributed by atoms with E-state index in [0.717, 1.165) is 16.8 Å². The molecule has 0 saturated carbocycles. The molecule has 0 fully saturated rings. The summed E-state index contributed by atoms with van der Waals surface area (Å²) in [6.07, 6.45) is 3.79. The first-order chi connectivity index (χ1) is 9.94. The van der Waals surface area contributed by atoms with Gasteiger partial charge in [-0.3, -0.25) is 0 Å². The number of methoxy groups -OCH3 is 1. The van der Waals surface area contributed by atoms with Crippen LogP contribution in [0.4, 0.5) is 0 Å². The molecule has 114 valence electrons. The molecule has 0 aliphatic heterocycles. The van der Waals surface area contributed by atoms with Gasteiger partial charge in [0, 0.05) is 24.9 Å². The molecule has 1 aromatic carbocycles. The largest absolute Gasteiger partial charge is 0.495 e. The molecule has 21 heavy (non-hydrogen) atoms. The third-order valence-electron chi connectivity index (χ3n) is 3.31. The average Bonchev–Trinajstić information content (AvgIpc) is 2.94. The van der Waals surface area contributed by atoms with Crippen LogP contribution in [0.3, 0.4) is 0 Å². The first-order valence-electron chi connectivity index (χ1n) is 6.56. The normalized spacial score (nSPS) is 11.6. The Morgan fingerprint density at radius 1 is 1.29 bits per heavy atom. The van der Waals surface area contributed by atoms with E-state index < -0.39 is 10.0 Å². The SMILES string of the molecule is COc1cc(C)c(C)cc1S(=O)(=O)NCCc1cnc[nH]1. The molecule has 0 saturated heterocycles. The van der Waals surface area contributed by atoms with Crippen LogP contribution < -0.4 is 9.46 Å². The van der Waals surface area contributed by atoms with E-state index in [2.05, 4.69) is 14.7 Å². The van der Waals surface area contributed by atoms with E-state index >= 15 is 0 Å². The van der Waals surface area contributed by atoms with Gasteiger partial charge < -0.3 is 9.72 Å². The molecule has 0 unspecified atom stereocenters. The zero-order valence-electron chi connectivity index (χ0n) is 12.3. The van der Waals surface area contributed by atoms with Gasteiger partial charge >= 0.3 is 0 Å². The Bertz CT molecular complexity index is 709. The van der Waals surface area contributed by atoms with Crippen LogP contribution in [-0.2, 0) is 16.4 Å². The summed E-state index contributed by atoms with van der Waals surface area (Å²) < 4.78 is 32.5. The van der Waals surface area contributed by atoms with Crippen LogP contribution in [0.1, 0.15) is 16.8 Å². The van der Waals surface area contributed by atoms with E-state index in [1.54, 1.807) is 24.7 Å². The predicted octanol–water partition coefficient (Wildman–Crippen LogP) is 1.56. The first-order valence-corrected chi connectivity index (χ1v) is 8.04. The quantitative estimate of drug-likeness (QED) is 0.848. The van der Waals surface area contributed by atoms with E-state index in [1.165, 1.54) is 7.11 Å². The van der Waals surface area contributed by atoms with Gasteiger partial charge in [0.1, 0.15) is 10.6 Å². The van der Waals surface area contributed by atoms with E-state index in [4.69, 9.17) is 4.74 Å². The number of hydrogen-bond acceptors (Lipinski definition) is 4. The van der Waals surface area contributed by atoms with Crippen molar-refractivity contribution in [3.63, 3.8) is 0 Å². The van der Waals surface area contributed by atoms with Gasteiger partial charge in [-0.1, -0.05) is 0 Å². The van der Waals surface area contributed by atoms with Crippen molar-refractivity contribution < 1.29 is 13.2 Å². The fraction of sp³-hybridized carbons (Fsp3) is 0.357. The fourth-order valence-corrected chi connectivity index (χ4v) is 3.22. The number of benzene rings is 1. The lowest BCUT2D eigenvalue weighted by Gasteiger charge is -2.13. The summed E-state index contributed by atoms with van der Waals surface area (Å²) in [5.74, 6) is 0.354. The number of hydrogen-bond donors (Lipinski definition) is 2. The Morgan fingerprint density at radius 3 is 2.62 bits per heavy atom. The maximum absolute atomic E-state index is 12.4. The first kappa shape index (κ1) is 15.5. The number of imidazole rings is 1. The average molecular weight is 309 g/mol. The molecule has 0 spiro atoms. The minimum Gasteiger partial charge on any atom is -0.495 e. The van der Waals surface area contributed by atoms with Crippen LogP contribution in [-0.4, -0.2) is 32.0 Å². The number of aromatic nitrogens is 2.